The van der Waals surface area contributed by atoms with Gasteiger partial charge in [0.2, 0.25) is 0 Å². The molecule has 170 valence electrons. The van der Waals surface area contributed by atoms with Crippen LogP contribution in [0.3, 0.4) is 0 Å². The molecule has 0 atom stereocenters. The second-order valence-corrected chi connectivity index (χ2v) is 8.61. The summed E-state index contributed by atoms with van der Waals surface area (Å²) in [6.07, 6.45) is 0. The van der Waals surface area contributed by atoms with Gasteiger partial charge >= 0.3 is 0 Å². The number of ether oxygens (including phenoxy) is 2. The van der Waals surface area contributed by atoms with Crippen LogP contribution in [0.5, 0.6) is 5.75 Å². The molecular formula is C26H24Cl2N2O3. The molecule has 7 heteroatoms. The monoisotopic (exact) mass is 482 g/mol. The Balaban J connectivity index is 1.46. The molecule has 0 radical (unpaired) electrons. The largest absolute Gasteiger partial charge is 0.489 e. The summed E-state index contributed by atoms with van der Waals surface area (Å²) in [5, 5.41) is 1.79. The van der Waals surface area contributed by atoms with Crippen LogP contribution in [0.2, 0.25) is 10.0 Å². The molecule has 0 amide bonds. The van der Waals surface area contributed by atoms with Gasteiger partial charge in [-0.25, -0.2) is 4.98 Å². The standard InChI is InChI=1S/C26H24Cl2N2O3/c1-17-15-18(2)24(22(28)16-17)33-14-13-32-12-11-30-25(19-7-9-20(27)10-8-19)29-23-6-4-3-5-21(23)26(30)31/h3-10,15-16H,11-14H2,1-2H3. The first kappa shape index (κ1) is 23.3. The molecule has 0 spiro atoms. The molecule has 0 aliphatic carbocycles. The molecule has 5 nitrogen and oxygen atoms in total. The van der Waals surface area contributed by atoms with Crippen LogP contribution in [0.15, 0.2) is 65.5 Å². The molecule has 0 saturated carbocycles. The minimum atomic E-state index is -0.104. The number of hydrogen-bond acceptors (Lipinski definition) is 4. The lowest BCUT2D eigenvalue weighted by Gasteiger charge is -2.15. The zero-order valence-electron chi connectivity index (χ0n) is 18.5. The van der Waals surface area contributed by atoms with E-state index in [-0.39, 0.29) is 5.56 Å². The molecule has 4 rings (SSSR count). The van der Waals surface area contributed by atoms with Crippen molar-refractivity contribution in [2.24, 2.45) is 0 Å². The Morgan fingerprint density at radius 3 is 2.45 bits per heavy atom. The number of aromatic nitrogens is 2. The van der Waals surface area contributed by atoms with Crippen molar-refractivity contribution in [2.75, 3.05) is 19.8 Å². The van der Waals surface area contributed by atoms with Crippen LogP contribution in [-0.2, 0) is 11.3 Å². The van der Waals surface area contributed by atoms with E-state index in [0.717, 1.165) is 16.7 Å². The lowest BCUT2D eigenvalue weighted by molar-refractivity contribution is 0.0939. The van der Waals surface area contributed by atoms with Gasteiger partial charge in [-0.15, -0.1) is 0 Å². The minimum absolute atomic E-state index is 0.104. The second kappa shape index (κ2) is 10.4. The number of halogens is 2. The van der Waals surface area contributed by atoms with Crippen molar-refractivity contribution in [3.05, 3.63) is 92.2 Å². The third kappa shape index (κ3) is 5.38. The van der Waals surface area contributed by atoms with Gasteiger partial charge in [0.1, 0.15) is 18.2 Å². The number of fused-ring (bicyclic) bond motifs is 1. The highest BCUT2D eigenvalue weighted by Crippen LogP contribution is 2.29. The number of para-hydroxylation sites is 1. The summed E-state index contributed by atoms with van der Waals surface area (Å²) in [5.74, 6) is 1.25. The molecule has 3 aromatic carbocycles. The Kier molecular flexibility index (Phi) is 7.33. The summed E-state index contributed by atoms with van der Waals surface area (Å²) in [4.78, 5) is 17.9. The average Bonchev–Trinajstić information content (AvgIpc) is 2.79. The van der Waals surface area contributed by atoms with Crippen molar-refractivity contribution in [3.63, 3.8) is 0 Å². The van der Waals surface area contributed by atoms with Gasteiger partial charge in [0.05, 0.1) is 35.7 Å². The number of benzene rings is 3. The first-order valence-corrected chi connectivity index (χ1v) is 11.4. The highest BCUT2D eigenvalue weighted by Gasteiger charge is 2.13. The van der Waals surface area contributed by atoms with E-state index in [1.165, 1.54) is 0 Å². The fraction of sp³-hybridized carbons (Fsp3) is 0.231. The summed E-state index contributed by atoms with van der Waals surface area (Å²) in [5.41, 5.74) is 3.44. The van der Waals surface area contributed by atoms with E-state index in [2.05, 4.69) is 0 Å². The van der Waals surface area contributed by atoms with E-state index in [4.69, 9.17) is 37.7 Å². The van der Waals surface area contributed by atoms with Gasteiger partial charge in [0, 0.05) is 10.6 Å². The molecule has 1 aromatic heterocycles. The first-order chi connectivity index (χ1) is 15.9. The minimum Gasteiger partial charge on any atom is -0.489 e. The van der Waals surface area contributed by atoms with Gasteiger partial charge < -0.3 is 9.47 Å². The van der Waals surface area contributed by atoms with E-state index >= 15 is 0 Å². The molecule has 0 saturated heterocycles. The molecule has 0 bridgehead atoms. The van der Waals surface area contributed by atoms with Crippen LogP contribution in [0.4, 0.5) is 0 Å². The van der Waals surface area contributed by atoms with Crippen LogP contribution in [0.25, 0.3) is 22.3 Å². The zero-order valence-corrected chi connectivity index (χ0v) is 20.0. The number of rotatable bonds is 8. The van der Waals surface area contributed by atoms with Crippen LogP contribution < -0.4 is 10.3 Å². The van der Waals surface area contributed by atoms with Crippen molar-refractivity contribution >= 4 is 34.1 Å². The third-order valence-corrected chi connectivity index (χ3v) is 5.80. The molecule has 0 N–H and O–H groups in total. The van der Waals surface area contributed by atoms with E-state index in [9.17, 15) is 4.79 Å². The van der Waals surface area contributed by atoms with Crippen molar-refractivity contribution in [3.8, 4) is 17.1 Å². The molecule has 0 unspecified atom stereocenters. The van der Waals surface area contributed by atoms with Crippen LogP contribution in [0.1, 0.15) is 11.1 Å². The summed E-state index contributed by atoms with van der Waals surface area (Å²) < 4.78 is 13.2. The quantitative estimate of drug-likeness (QED) is 0.285. The maximum absolute atomic E-state index is 13.2. The predicted octanol–water partition coefficient (Wildman–Crippen LogP) is 6.08. The SMILES string of the molecule is Cc1cc(C)c(OCCOCCn2c(-c3ccc(Cl)cc3)nc3ccccc3c2=O)c(Cl)c1. The summed E-state index contributed by atoms with van der Waals surface area (Å²) >= 11 is 12.3. The molecule has 4 aromatic rings. The van der Waals surface area contributed by atoms with Gasteiger partial charge in [-0.05, 0) is 67.4 Å². The molecule has 33 heavy (non-hydrogen) atoms. The van der Waals surface area contributed by atoms with Crippen LogP contribution in [0, 0.1) is 13.8 Å². The molecule has 0 aliphatic heterocycles. The van der Waals surface area contributed by atoms with Crippen LogP contribution in [-0.4, -0.2) is 29.4 Å². The number of hydrogen-bond donors (Lipinski definition) is 0. The summed E-state index contributed by atoms with van der Waals surface area (Å²) in [6, 6.07) is 18.5. The van der Waals surface area contributed by atoms with Gasteiger partial charge in [0.15, 0.2) is 0 Å². The fourth-order valence-electron chi connectivity index (χ4n) is 3.74. The normalized spacial score (nSPS) is 11.2. The smallest absolute Gasteiger partial charge is 0.261 e. The van der Waals surface area contributed by atoms with Crippen LogP contribution >= 0.6 is 23.2 Å². The summed E-state index contributed by atoms with van der Waals surface area (Å²) in [6.45, 7) is 5.39. The summed E-state index contributed by atoms with van der Waals surface area (Å²) in [7, 11) is 0. The lowest BCUT2D eigenvalue weighted by Crippen LogP contribution is -2.26. The van der Waals surface area contributed by atoms with E-state index in [1.807, 2.05) is 56.3 Å². The molecule has 0 fully saturated rings. The predicted molar refractivity (Wildman–Crippen MR) is 134 cm³/mol. The van der Waals surface area contributed by atoms with Gasteiger partial charge in [-0.1, -0.05) is 41.4 Å². The van der Waals surface area contributed by atoms with Gasteiger partial charge in [0.25, 0.3) is 5.56 Å². The Morgan fingerprint density at radius 2 is 1.70 bits per heavy atom. The molecule has 1 heterocycles. The third-order valence-electron chi connectivity index (χ3n) is 5.27. The van der Waals surface area contributed by atoms with Gasteiger partial charge in [-0.2, -0.15) is 0 Å². The number of aryl methyl sites for hydroxylation is 2. The van der Waals surface area contributed by atoms with E-state index in [1.54, 1.807) is 22.8 Å². The molecule has 0 aliphatic rings. The highest BCUT2D eigenvalue weighted by atomic mass is 35.5. The second-order valence-electron chi connectivity index (χ2n) is 7.77. The highest BCUT2D eigenvalue weighted by molar-refractivity contribution is 6.32. The van der Waals surface area contributed by atoms with Crippen molar-refractivity contribution in [1.82, 2.24) is 9.55 Å². The topological polar surface area (TPSA) is 53.4 Å². The Bertz CT molecular complexity index is 1310. The Labute approximate surface area is 202 Å². The molecular weight excluding hydrogens is 459 g/mol. The van der Waals surface area contributed by atoms with Crippen molar-refractivity contribution in [1.29, 1.82) is 0 Å². The number of nitrogens with zero attached hydrogens (tertiary/aromatic N) is 2. The first-order valence-electron chi connectivity index (χ1n) is 10.7. The average molecular weight is 483 g/mol. The van der Waals surface area contributed by atoms with Crippen molar-refractivity contribution in [2.45, 2.75) is 20.4 Å². The van der Waals surface area contributed by atoms with E-state index in [0.29, 0.717) is 58.9 Å². The maximum Gasteiger partial charge on any atom is 0.261 e. The maximum atomic E-state index is 13.2. The lowest BCUT2D eigenvalue weighted by atomic mass is 10.1. The Hall–Kier alpha value is -2.86. The Morgan fingerprint density at radius 1 is 0.939 bits per heavy atom. The van der Waals surface area contributed by atoms with E-state index < -0.39 is 0 Å². The van der Waals surface area contributed by atoms with Crippen molar-refractivity contribution < 1.29 is 9.47 Å². The van der Waals surface area contributed by atoms with Gasteiger partial charge in [-0.3, -0.25) is 9.36 Å². The fourth-order valence-corrected chi connectivity index (χ4v) is 4.24. The zero-order chi connectivity index (χ0) is 23.4.